The maximum Gasteiger partial charge on any atom is 0.348 e. The molecule has 0 spiro atoms. The van der Waals surface area contributed by atoms with Crippen LogP contribution in [0.2, 0.25) is 0 Å². The SMILES string of the molecule is COc1cc(F)c([C@H](Nc2ccc(-c3noc(C)n3)cc2)c2nn(-c3ccccc3C(=O)O)c(=O)[nH]2)cc1OC. The number of rotatable bonds is 9. The van der Waals surface area contributed by atoms with Crippen LogP contribution in [-0.4, -0.2) is 50.2 Å². The standard InChI is InChI=1S/C27H23FN6O6/c1-14-29-24(33-40-14)15-8-10-16(11-9-15)30-23(18-12-21(38-2)22(39-3)13-19(18)28)25-31-27(37)34(32-25)20-7-5-4-6-17(20)26(35)36/h4-13,23,30H,1-3H3,(H,35,36)(H,31,32,37)/t23-/m0/s1. The van der Waals surface area contributed by atoms with Crippen LogP contribution in [0.4, 0.5) is 10.1 Å². The summed E-state index contributed by atoms with van der Waals surface area (Å²) in [5, 5.41) is 21.1. The lowest BCUT2D eigenvalue weighted by Crippen LogP contribution is -2.18. The molecule has 0 fully saturated rings. The summed E-state index contributed by atoms with van der Waals surface area (Å²) in [6.07, 6.45) is 0. The molecule has 3 aromatic carbocycles. The number of para-hydroxylation sites is 1. The number of H-pyrrole nitrogens is 1. The first-order valence-corrected chi connectivity index (χ1v) is 11.9. The Kier molecular flexibility index (Phi) is 7.01. The Morgan fingerprint density at radius 2 is 1.80 bits per heavy atom. The topological polar surface area (TPSA) is 157 Å². The van der Waals surface area contributed by atoms with Gasteiger partial charge in [-0.25, -0.2) is 14.0 Å². The Morgan fingerprint density at radius 1 is 1.10 bits per heavy atom. The van der Waals surface area contributed by atoms with Crippen LogP contribution in [0.15, 0.2) is 70.0 Å². The molecule has 0 unspecified atom stereocenters. The van der Waals surface area contributed by atoms with Gasteiger partial charge in [-0.3, -0.25) is 4.98 Å². The number of aromatic carboxylic acids is 1. The first-order chi connectivity index (χ1) is 19.3. The lowest BCUT2D eigenvalue weighted by molar-refractivity contribution is 0.0696. The molecule has 0 bridgehead atoms. The van der Waals surface area contributed by atoms with Crippen LogP contribution in [0.25, 0.3) is 17.1 Å². The lowest BCUT2D eigenvalue weighted by Gasteiger charge is -2.20. The number of aromatic nitrogens is 5. The van der Waals surface area contributed by atoms with Crippen LogP contribution in [0.5, 0.6) is 11.5 Å². The summed E-state index contributed by atoms with van der Waals surface area (Å²) >= 11 is 0. The average molecular weight is 547 g/mol. The first-order valence-electron chi connectivity index (χ1n) is 11.9. The van der Waals surface area contributed by atoms with E-state index in [1.807, 2.05) is 0 Å². The largest absolute Gasteiger partial charge is 0.493 e. The van der Waals surface area contributed by atoms with E-state index in [-0.39, 0.29) is 34.1 Å². The van der Waals surface area contributed by atoms with Gasteiger partial charge in [-0.05, 0) is 42.5 Å². The van der Waals surface area contributed by atoms with Gasteiger partial charge in [0.2, 0.25) is 11.7 Å². The molecule has 40 heavy (non-hydrogen) atoms. The summed E-state index contributed by atoms with van der Waals surface area (Å²) in [6, 6.07) is 14.4. The van der Waals surface area contributed by atoms with Gasteiger partial charge in [-0.2, -0.15) is 9.67 Å². The number of aryl methyl sites for hydroxylation is 1. The summed E-state index contributed by atoms with van der Waals surface area (Å²) in [6.45, 7) is 1.68. The number of carboxylic acids is 1. The number of aromatic amines is 1. The van der Waals surface area contributed by atoms with Gasteiger partial charge in [0.05, 0.1) is 25.5 Å². The highest BCUT2D eigenvalue weighted by molar-refractivity contribution is 5.91. The molecule has 13 heteroatoms. The number of benzene rings is 3. The minimum absolute atomic E-state index is 0.0224. The molecule has 0 amide bonds. The molecule has 5 rings (SSSR count). The minimum Gasteiger partial charge on any atom is -0.493 e. The summed E-state index contributed by atoms with van der Waals surface area (Å²) < 4.78 is 32.0. The van der Waals surface area contributed by atoms with Gasteiger partial charge in [0.1, 0.15) is 11.9 Å². The second kappa shape index (κ2) is 10.7. The number of hydrogen-bond donors (Lipinski definition) is 3. The molecule has 0 radical (unpaired) electrons. The molecule has 2 heterocycles. The maximum atomic E-state index is 15.5. The molecule has 0 saturated heterocycles. The van der Waals surface area contributed by atoms with E-state index in [1.165, 1.54) is 44.6 Å². The zero-order valence-electron chi connectivity index (χ0n) is 21.5. The molecule has 0 aliphatic heterocycles. The smallest absolute Gasteiger partial charge is 0.348 e. The fourth-order valence-electron chi connectivity index (χ4n) is 4.16. The van der Waals surface area contributed by atoms with Crippen LogP contribution in [-0.2, 0) is 0 Å². The van der Waals surface area contributed by atoms with Crippen molar-refractivity contribution in [2.75, 3.05) is 19.5 Å². The Hall–Kier alpha value is -5.46. The number of carbonyl (C=O) groups is 1. The van der Waals surface area contributed by atoms with Crippen molar-refractivity contribution in [2.45, 2.75) is 13.0 Å². The van der Waals surface area contributed by atoms with Gasteiger partial charge in [0, 0.05) is 29.8 Å². The Morgan fingerprint density at radius 3 is 2.45 bits per heavy atom. The Bertz CT molecular complexity index is 1740. The molecular formula is C27H23FN6O6. The predicted octanol–water partition coefficient (Wildman–Crippen LogP) is 3.98. The number of hydrogen-bond acceptors (Lipinski definition) is 9. The number of methoxy groups -OCH3 is 2. The van der Waals surface area contributed by atoms with Gasteiger partial charge in [-0.1, -0.05) is 17.3 Å². The van der Waals surface area contributed by atoms with Crippen molar-refractivity contribution in [3.8, 4) is 28.6 Å². The number of nitrogens with zero attached hydrogens (tertiary/aromatic N) is 4. The minimum atomic E-state index is -1.23. The quantitative estimate of drug-likeness (QED) is 0.247. The fourth-order valence-corrected chi connectivity index (χ4v) is 4.16. The summed E-state index contributed by atoms with van der Waals surface area (Å²) in [4.78, 5) is 31.6. The zero-order chi connectivity index (χ0) is 28.4. The van der Waals surface area contributed by atoms with Crippen molar-refractivity contribution in [3.63, 3.8) is 0 Å². The van der Waals surface area contributed by atoms with Crippen molar-refractivity contribution in [3.05, 3.63) is 99.8 Å². The van der Waals surface area contributed by atoms with Crippen molar-refractivity contribution in [2.24, 2.45) is 0 Å². The molecule has 0 saturated carbocycles. The fraction of sp³-hybridized carbons (Fsp3) is 0.148. The molecule has 204 valence electrons. The van der Waals surface area contributed by atoms with Crippen LogP contribution in [0.1, 0.15) is 33.7 Å². The number of halogens is 1. The van der Waals surface area contributed by atoms with Crippen molar-refractivity contribution < 1.29 is 28.3 Å². The molecule has 5 aromatic rings. The van der Waals surface area contributed by atoms with Crippen molar-refractivity contribution in [1.29, 1.82) is 0 Å². The average Bonchev–Trinajstić information content (AvgIpc) is 3.57. The van der Waals surface area contributed by atoms with E-state index in [9.17, 15) is 14.7 Å². The third-order valence-corrected chi connectivity index (χ3v) is 6.07. The van der Waals surface area contributed by atoms with E-state index in [0.29, 0.717) is 23.0 Å². The maximum absolute atomic E-state index is 15.5. The molecule has 1 atom stereocenters. The van der Waals surface area contributed by atoms with Gasteiger partial charge in [-0.15, -0.1) is 5.10 Å². The van der Waals surface area contributed by atoms with Crippen molar-refractivity contribution >= 4 is 11.7 Å². The third kappa shape index (κ3) is 4.99. The van der Waals surface area contributed by atoms with E-state index >= 15 is 4.39 Å². The molecule has 0 aliphatic carbocycles. The Labute approximate surface area is 226 Å². The lowest BCUT2D eigenvalue weighted by atomic mass is 10.0. The Balaban J connectivity index is 1.60. The molecule has 3 N–H and O–H groups in total. The third-order valence-electron chi connectivity index (χ3n) is 6.07. The monoisotopic (exact) mass is 546 g/mol. The highest BCUT2D eigenvalue weighted by Crippen LogP contribution is 2.35. The van der Waals surface area contributed by atoms with Crippen molar-refractivity contribution in [1.82, 2.24) is 24.9 Å². The highest BCUT2D eigenvalue weighted by Gasteiger charge is 2.26. The summed E-state index contributed by atoms with van der Waals surface area (Å²) in [5.74, 6) is -0.603. The predicted molar refractivity (Wildman–Crippen MR) is 141 cm³/mol. The van der Waals surface area contributed by atoms with Crippen LogP contribution >= 0.6 is 0 Å². The number of anilines is 1. The second-order valence-electron chi connectivity index (χ2n) is 8.57. The summed E-state index contributed by atoms with van der Waals surface area (Å²) in [5.41, 5.74) is 0.538. The van der Waals surface area contributed by atoms with Gasteiger partial charge >= 0.3 is 11.7 Å². The van der Waals surface area contributed by atoms with Gasteiger partial charge in [0.15, 0.2) is 17.3 Å². The number of ether oxygens (including phenoxy) is 2. The first kappa shape index (κ1) is 26.2. The van der Waals surface area contributed by atoms with Gasteiger partial charge < -0.3 is 24.4 Å². The van der Waals surface area contributed by atoms with Crippen LogP contribution < -0.4 is 20.5 Å². The number of nitrogens with one attached hydrogen (secondary N) is 2. The molecule has 12 nitrogen and oxygen atoms in total. The highest BCUT2D eigenvalue weighted by atomic mass is 19.1. The zero-order valence-corrected chi connectivity index (χ0v) is 21.5. The van der Waals surface area contributed by atoms with E-state index in [4.69, 9.17) is 14.0 Å². The van der Waals surface area contributed by atoms with Crippen LogP contribution in [0, 0.1) is 12.7 Å². The number of carboxylic acid groups (broad SMARTS) is 1. The molecule has 0 aliphatic rings. The van der Waals surface area contributed by atoms with E-state index in [1.54, 1.807) is 37.3 Å². The van der Waals surface area contributed by atoms with E-state index in [2.05, 4.69) is 25.5 Å². The molecular weight excluding hydrogens is 523 g/mol. The van der Waals surface area contributed by atoms with Crippen LogP contribution in [0.3, 0.4) is 0 Å². The normalized spacial score (nSPS) is 11.7. The van der Waals surface area contributed by atoms with E-state index < -0.39 is 23.5 Å². The van der Waals surface area contributed by atoms with Gasteiger partial charge in [0.25, 0.3) is 0 Å². The summed E-state index contributed by atoms with van der Waals surface area (Å²) in [7, 11) is 2.80. The molecule has 2 aromatic heterocycles. The van der Waals surface area contributed by atoms with E-state index in [0.717, 1.165) is 4.68 Å². The second-order valence-corrected chi connectivity index (χ2v) is 8.57.